The Morgan fingerprint density at radius 3 is 0.397 bits per heavy atom. The molecule has 18 heteroatoms. The van der Waals surface area contributed by atoms with Crippen LogP contribution in [-0.4, -0.2) is 137 Å². The molecular formula is C60H42N6O12. The van der Waals surface area contributed by atoms with Crippen molar-refractivity contribution in [1.29, 1.82) is 0 Å². The third-order valence-electron chi connectivity index (χ3n) is 18.9. The van der Waals surface area contributed by atoms with Crippen LogP contribution in [0, 0.1) is 0 Å². The highest BCUT2D eigenvalue weighted by Gasteiger charge is 2.54. The van der Waals surface area contributed by atoms with Crippen LogP contribution < -0.4 is 0 Å². The van der Waals surface area contributed by atoms with E-state index in [1.165, 1.54) is 72.8 Å². The molecule has 0 saturated heterocycles. The molecule has 24 heterocycles. The summed E-state index contributed by atoms with van der Waals surface area (Å²) in [4.78, 5) is 187. The monoisotopic (exact) mass is 1040 g/mol. The highest BCUT2D eigenvalue weighted by atomic mass is 16.2. The predicted octanol–water partition coefficient (Wildman–Crippen LogP) is 7.07. The Balaban J connectivity index is 0.894. The van der Waals surface area contributed by atoms with Gasteiger partial charge in [0.25, 0.3) is 70.9 Å². The standard InChI is InChI=1S/C60H42N6O12/c67-49-25-13-15-29-45-30-16-14-26(43(25)45)50(68)61(49)37-7-1-2-8-38(37)62-51(69)27-17-19-31-46-32(20-18-28(44(27)46)52(62)70)56(74)64(55(31)73)41-11-5-6-12-42(41)66-59(77)35-23-21-33-47-34(22-24-36(48(35)47)60(66)78)58(76)65(57(33)75)40-10-4-3-9-39(40)63(53(29)71)54(30)72/h13-24,37-42H,1-12H2/t37-,38?,39?,40?,41?,42?/m0/s1. The number of hydrogen-bond donors (Lipinski definition) is 0. The maximum atomic E-state index is 15.1. The molecule has 6 atom stereocenters. The van der Waals surface area contributed by atoms with Crippen LogP contribution in [0.1, 0.15) is 201 Å². The fourth-order valence-electron chi connectivity index (χ4n) is 15.6. The Morgan fingerprint density at radius 1 is 0.192 bits per heavy atom. The average Bonchev–Trinajstić information content (AvgIpc) is 3.48. The van der Waals surface area contributed by atoms with E-state index < -0.39 is 107 Å². The van der Waals surface area contributed by atoms with Gasteiger partial charge in [0.15, 0.2) is 0 Å². The Morgan fingerprint density at radius 2 is 0.295 bits per heavy atom. The molecule has 12 amide bonds. The van der Waals surface area contributed by atoms with Crippen molar-refractivity contribution in [2.45, 2.75) is 113 Å². The van der Waals surface area contributed by atoms with E-state index in [1.807, 2.05) is 0 Å². The second kappa shape index (κ2) is 15.3. The molecule has 5 unspecified atom stereocenters. The maximum absolute atomic E-state index is 15.1. The Kier molecular flexibility index (Phi) is 8.87. The summed E-state index contributed by atoms with van der Waals surface area (Å²) in [5.74, 6) is -8.74. The minimum Gasteiger partial charge on any atom is -0.269 e. The molecule has 0 radical (unpaired) electrons. The third kappa shape index (κ3) is 5.32. The summed E-state index contributed by atoms with van der Waals surface area (Å²) >= 11 is 0. The summed E-state index contributed by atoms with van der Waals surface area (Å²) in [5.41, 5.74) is 0.523. The minimum absolute atomic E-state index is 0.0436. The van der Waals surface area contributed by atoms with Crippen LogP contribution in [0.25, 0.3) is 32.3 Å². The van der Waals surface area contributed by atoms with Crippen molar-refractivity contribution >= 4 is 103 Å². The zero-order chi connectivity index (χ0) is 53.2. The first-order chi connectivity index (χ1) is 37.8. The molecule has 24 aliphatic heterocycles. The van der Waals surface area contributed by atoms with Gasteiger partial charge < -0.3 is 0 Å². The van der Waals surface area contributed by atoms with Crippen molar-refractivity contribution in [2.24, 2.45) is 0 Å². The smallest absolute Gasteiger partial charge is 0.261 e. The van der Waals surface area contributed by atoms with E-state index in [2.05, 4.69) is 0 Å². The Bertz CT molecular complexity index is 3250. The first-order valence-corrected chi connectivity index (χ1v) is 26.8. The number of imide groups is 6. The van der Waals surface area contributed by atoms with Crippen molar-refractivity contribution in [3.05, 3.63) is 140 Å². The molecule has 6 aromatic rings. The van der Waals surface area contributed by atoms with Gasteiger partial charge in [0, 0.05) is 99.1 Å². The highest BCUT2D eigenvalue weighted by molar-refractivity contribution is 6.37. The van der Waals surface area contributed by atoms with Crippen LogP contribution in [-0.2, 0) is 0 Å². The van der Waals surface area contributed by atoms with Gasteiger partial charge >= 0.3 is 0 Å². The number of rotatable bonds is 0. The van der Waals surface area contributed by atoms with Gasteiger partial charge in [-0.15, -0.1) is 0 Å². The molecule has 0 spiro atoms. The van der Waals surface area contributed by atoms with Crippen LogP contribution in [0.5, 0.6) is 0 Å². The van der Waals surface area contributed by atoms with E-state index in [0.29, 0.717) is 38.5 Å². The zero-order valence-electron chi connectivity index (χ0n) is 41.5. The summed E-state index contributed by atoms with van der Waals surface area (Å²) in [6, 6.07) is 11.3. The summed E-state index contributed by atoms with van der Waals surface area (Å²) in [6.07, 6.45) is 4.74. The van der Waals surface area contributed by atoms with Crippen LogP contribution in [0.4, 0.5) is 0 Å². The third-order valence-corrected chi connectivity index (χ3v) is 18.9. The van der Waals surface area contributed by atoms with Gasteiger partial charge in [-0.1, -0.05) is 38.5 Å². The van der Waals surface area contributed by atoms with Crippen LogP contribution >= 0.6 is 0 Å². The SMILES string of the molecule is O=C1c2ccc3c4c5ccc(c24)C(=O)N1C1CCCCC1N1C(=O)c2ccc4c6c(ccc(c26)C1=O)C(=O)N(C4=O)C1CCCC[C@@H]1N1C(=O)c2ccc4c6c(ccc(c26)C1=O)C(=O)N(C4=O)C1CCCCC1N(C3=O)C5=O. The molecule has 0 N–H and O–H groups in total. The van der Waals surface area contributed by atoms with Crippen molar-refractivity contribution in [3.63, 3.8) is 0 Å². The van der Waals surface area contributed by atoms with E-state index in [-0.39, 0.29) is 138 Å². The lowest BCUT2D eigenvalue weighted by Gasteiger charge is -2.47. The molecule has 6 aromatic carbocycles. The lowest BCUT2D eigenvalue weighted by molar-refractivity contribution is 0.0234. The molecule has 18 nitrogen and oxygen atoms in total. The number of hydrogen-bond acceptors (Lipinski definition) is 12. The van der Waals surface area contributed by atoms with Crippen molar-refractivity contribution in [3.8, 4) is 0 Å². The number of nitrogens with zero attached hydrogens (tertiary/aromatic N) is 6. The van der Waals surface area contributed by atoms with E-state index in [9.17, 15) is 0 Å². The molecule has 24 bridgehead atoms. The summed E-state index contributed by atoms with van der Waals surface area (Å²) in [6.45, 7) is 0. The number of amides is 12. The largest absolute Gasteiger partial charge is 0.269 e. The normalized spacial score (nSPS) is 26.0. The van der Waals surface area contributed by atoms with Crippen LogP contribution in [0.15, 0.2) is 72.8 Å². The molecule has 33 rings (SSSR count). The van der Waals surface area contributed by atoms with Gasteiger partial charge in [-0.25, -0.2) is 0 Å². The molecule has 3 fully saturated rings. The Hall–Kier alpha value is -9.06. The maximum Gasteiger partial charge on any atom is 0.261 e. The number of carbonyl (C=O) groups is 12. The molecule has 78 heavy (non-hydrogen) atoms. The zero-order valence-corrected chi connectivity index (χ0v) is 41.5. The predicted molar refractivity (Wildman–Crippen MR) is 273 cm³/mol. The van der Waals surface area contributed by atoms with Gasteiger partial charge in [-0.3, -0.25) is 86.9 Å². The summed E-state index contributed by atoms with van der Waals surface area (Å²) in [7, 11) is 0. The lowest BCUT2D eigenvalue weighted by atomic mass is 9.79. The van der Waals surface area contributed by atoms with Gasteiger partial charge in [0.2, 0.25) is 0 Å². The Labute approximate surface area is 441 Å². The van der Waals surface area contributed by atoms with Gasteiger partial charge in [0.05, 0.1) is 36.3 Å². The van der Waals surface area contributed by atoms with E-state index in [1.54, 1.807) is 0 Å². The lowest BCUT2D eigenvalue weighted by Crippen LogP contribution is -2.62. The number of carbonyl (C=O) groups excluding carboxylic acids is 12. The quantitative estimate of drug-likeness (QED) is 0.139. The van der Waals surface area contributed by atoms with Crippen LogP contribution in [0.2, 0.25) is 0 Å². The molecular weight excluding hydrogens is 997 g/mol. The number of benzene rings is 6. The van der Waals surface area contributed by atoms with Gasteiger partial charge in [0.1, 0.15) is 0 Å². The van der Waals surface area contributed by atoms with Gasteiger partial charge in [-0.2, -0.15) is 0 Å². The van der Waals surface area contributed by atoms with E-state index >= 15 is 57.5 Å². The highest BCUT2D eigenvalue weighted by Crippen LogP contribution is 2.48. The topological polar surface area (TPSA) is 224 Å². The second-order valence-corrected chi connectivity index (χ2v) is 22.4. The van der Waals surface area contributed by atoms with E-state index in [4.69, 9.17) is 0 Å². The molecule has 3 aliphatic carbocycles. The van der Waals surface area contributed by atoms with Gasteiger partial charge in [-0.05, 0) is 111 Å². The van der Waals surface area contributed by atoms with Crippen LogP contribution in [0.3, 0.4) is 0 Å². The second-order valence-electron chi connectivity index (χ2n) is 22.4. The molecule has 27 aliphatic rings. The average molecular weight is 1040 g/mol. The summed E-state index contributed by atoms with van der Waals surface area (Å²) in [5, 5.41) is 0.685. The molecule has 3 saturated carbocycles. The molecule has 0 aromatic heterocycles. The van der Waals surface area contributed by atoms with Crippen molar-refractivity contribution in [2.75, 3.05) is 0 Å². The summed E-state index contributed by atoms with van der Waals surface area (Å²) < 4.78 is 0. The van der Waals surface area contributed by atoms with Crippen molar-refractivity contribution in [1.82, 2.24) is 29.4 Å². The minimum atomic E-state index is -0.999. The first kappa shape index (κ1) is 45.2. The molecule has 384 valence electrons. The first-order valence-electron chi connectivity index (χ1n) is 26.8. The fraction of sp³-hybridized carbons (Fsp3) is 0.300. The van der Waals surface area contributed by atoms with Crippen molar-refractivity contribution < 1.29 is 57.5 Å². The van der Waals surface area contributed by atoms with E-state index in [0.717, 1.165) is 29.4 Å². The fourth-order valence-corrected chi connectivity index (χ4v) is 15.6.